The number of amides is 1. The van der Waals surface area contributed by atoms with Crippen molar-refractivity contribution in [2.45, 2.75) is 25.5 Å². The van der Waals surface area contributed by atoms with E-state index in [0.29, 0.717) is 0 Å². The van der Waals surface area contributed by atoms with Gasteiger partial charge in [-0.05, 0) is 18.4 Å². The molecule has 1 aliphatic carbocycles. The molecule has 92 valence electrons. The van der Waals surface area contributed by atoms with Crippen LogP contribution in [-0.2, 0) is 11.3 Å². The van der Waals surface area contributed by atoms with Crippen molar-refractivity contribution in [3.8, 4) is 0 Å². The smallest absolute Gasteiger partial charge is 0.407 e. The Morgan fingerprint density at radius 2 is 2.12 bits per heavy atom. The first kappa shape index (κ1) is 11.9. The highest BCUT2D eigenvalue weighted by atomic mass is 16.5. The zero-order valence-corrected chi connectivity index (χ0v) is 9.63. The molecule has 0 spiro atoms. The third-order valence-electron chi connectivity index (χ3n) is 3.17. The second kappa shape index (κ2) is 5.68. The standard InChI is InChI=1S/C13H17NO3/c15-8-11-6-7-12(11)14-13(16)17-9-10-4-2-1-3-5-10/h1-5,11-12,15H,6-9H2,(H,14,16)/t11-,12+/m0/s1. The number of carbonyl (C=O) groups is 1. The molecule has 4 nitrogen and oxygen atoms in total. The Kier molecular flexibility index (Phi) is 3.98. The van der Waals surface area contributed by atoms with Crippen molar-refractivity contribution in [3.63, 3.8) is 0 Å². The van der Waals surface area contributed by atoms with Gasteiger partial charge in [0.15, 0.2) is 0 Å². The molecule has 2 atom stereocenters. The van der Waals surface area contributed by atoms with E-state index in [9.17, 15) is 4.79 Å². The van der Waals surface area contributed by atoms with E-state index in [1.165, 1.54) is 0 Å². The second-order valence-corrected chi connectivity index (χ2v) is 4.33. The maximum absolute atomic E-state index is 11.5. The first-order chi connectivity index (χ1) is 8.29. The van der Waals surface area contributed by atoms with Crippen molar-refractivity contribution in [1.29, 1.82) is 0 Å². The van der Waals surface area contributed by atoms with Crippen molar-refractivity contribution >= 4 is 6.09 Å². The molecule has 0 aromatic heterocycles. The summed E-state index contributed by atoms with van der Waals surface area (Å²) in [6.07, 6.45) is 1.49. The molecule has 0 unspecified atom stereocenters. The molecule has 1 fully saturated rings. The second-order valence-electron chi connectivity index (χ2n) is 4.33. The van der Waals surface area contributed by atoms with Crippen LogP contribution in [0.4, 0.5) is 4.79 Å². The third kappa shape index (κ3) is 3.20. The zero-order chi connectivity index (χ0) is 12.1. The number of hydrogen-bond acceptors (Lipinski definition) is 3. The van der Waals surface area contributed by atoms with Crippen LogP contribution >= 0.6 is 0 Å². The molecule has 0 heterocycles. The fourth-order valence-corrected chi connectivity index (χ4v) is 1.89. The van der Waals surface area contributed by atoms with Gasteiger partial charge in [0.05, 0.1) is 0 Å². The fraction of sp³-hybridized carbons (Fsp3) is 0.462. The minimum atomic E-state index is -0.406. The number of aliphatic hydroxyl groups is 1. The van der Waals surface area contributed by atoms with Crippen LogP contribution in [0.5, 0.6) is 0 Å². The Morgan fingerprint density at radius 3 is 2.71 bits per heavy atom. The summed E-state index contributed by atoms with van der Waals surface area (Å²) >= 11 is 0. The summed E-state index contributed by atoms with van der Waals surface area (Å²) in [5, 5.41) is 11.8. The van der Waals surface area contributed by atoms with Crippen LogP contribution in [-0.4, -0.2) is 23.8 Å². The molecular weight excluding hydrogens is 218 g/mol. The van der Waals surface area contributed by atoms with Gasteiger partial charge in [-0.3, -0.25) is 0 Å². The first-order valence-electron chi connectivity index (χ1n) is 5.87. The molecule has 4 heteroatoms. The minimum Gasteiger partial charge on any atom is -0.445 e. The number of benzene rings is 1. The number of aliphatic hydroxyl groups excluding tert-OH is 1. The third-order valence-corrected chi connectivity index (χ3v) is 3.17. The van der Waals surface area contributed by atoms with E-state index in [4.69, 9.17) is 9.84 Å². The molecule has 0 radical (unpaired) electrons. The Labute approximate surface area is 101 Å². The Hall–Kier alpha value is -1.55. The molecule has 1 amide bonds. The van der Waals surface area contributed by atoms with Crippen LogP contribution in [0.3, 0.4) is 0 Å². The average molecular weight is 235 g/mol. The lowest BCUT2D eigenvalue weighted by atomic mass is 9.80. The number of ether oxygens (including phenoxy) is 1. The maximum Gasteiger partial charge on any atom is 0.407 e. The average Bonchev–Trinajstić information content (AvgIpc) is 2.34. The summed E-state index contributed by atoms with van der Waals surface area (Å²) in [5.74, 6) is 0.194. The monoisotopic (exact) mass is 235 g/mol. The first-order valence-corrected chi connectivity index (χ1v) is 5.87. The maximum atomic E-state index is 11.5. The number of rotatable bonds is 4. The molecule has 1 saturated carbocycles. The van der Waals surface area contributed by atoms with Crippen molar-refractivity contribution < 1.29 is 14.6 Å². The number of alkyl carbamates (subject to hydrolysis) is 1. The molecule has 1 aromatic rings. The van der Waals surface area contributed by atoms with Crippen LogP contribution in [0.1, 0.15) is 18.4 Å². The van der Waals surface area contributed by atoms with E-state index in [1.807, 2.05) is 30.3 Å². The van der Waals surface area contributed by atoms with E-state index in [1.54, 1.807) is 0 Å². The van der Waals surface area contributed by atoms with E-state index in [-0.39, 0.29) is 25.2 Å². The summed E-state index contributed by atoms with van der Waals surface area (Å²) in [5.41, 5.74) is 0.968. The van der Waals surface area contributed by atoms with Gasteiger partial charge in [-0.25, -0.2) is 4.79 Å². The molecule has 0 aliphatic heterocycles. The summed E-state index contributed by atoms with van der Waals surface area (Å²) < 4.78 is 5.10. The predicted molar refractivity (Wildman–Crippen MR) is 63.4 cm³/mol. The Balaban J connectivity index is 1.71. The van der Waals surface area contributed by atoms with Gasteiger partial charge in [-0.2, -0.15) is 0 Å². The molecule has 1 aromatic carbocycles. The van der Waals surface area contributed by atoms with Gasteiger partial charge in [-0.1, -0.05) is 30.3 Å². The van der Waals surface area contributed by atoms with Crippen molar-refractivity contribution in [3.05, 3.63) is 35.9 Å². The predicted octanol–water partition coefficient (Wildman–Crippen LogP) is 1.68. The van der Waals surface area contributed by atoms with Crippen molar-refractivity contribution in [2.24, 2.45) is 5.92 Å². The topological polar surface area (TPSA) is 58.6 Å². The quantitative estimate of drug-likeness (QED) is 0.834. The zero-order valence-electron chi connectivity index (χ0n) is 9.63. The van der Waals surface area contributed by atoms with Gasteiger partial charge in [0.25, 0.3) is 0 Å². The van der Waals surface area contributed by atoms with Gasteiger partial charge >= 0.3 is 6.09 Å². The van der Waals surface area contributed by atoms with Crippen LogP contribution in [0, 0.1) is 5.92 Å². The molecule has 17 heavy (non-hydrogen) atoms. The van der Waals surface area contributed by atoms with Crippen molar-refractivity contribution in [1.82, 2.24) is 5.32 Å². The summed E-state index contributed by atoms with van der Waals surface area (Å²) in [4.78, 5) is 11.5. The van der Waals surface area contributed by atoms with E-state index >= 15 is 0 Å². The number of hydrogen-bond donors (Lipinski definition) is 2. The summed E-state index contributed by atoms with van der Waals surface area (Å²) in [6, 6.07) is 9.63. The highest BCUT2D eigenvalue weighted by molar-refractivity contribution is 5.67. The fourth-order valence-electron chi connectivity index (χ4n) is 1.89. The van der Waals surface area contributed by atoms with Gasteiger partial charge in [0, 0.05) is 18.6 Å². The molecular formula is C13H17NO3. The van der Waals surface area contributed by atoms with E-state index in [0.717, 1.165) is 18.4 Å². The van der Waals surface area contributed by atoms with Crippen LogP contribution in [0.25, 0.3) is 0 Å². The van der Waals surface area contributed by atoms with Crippen LogP contribution < -0.4 is 5.32 Å². The van der Waals surface area contributed by atoms with Gasteiger partial charge in [-0.15, -0.1) is 0 Å². The molecule has 2 rings (SSSR count). The van der Waals surface area contributed by atoms with Crippen molar-refractivity contribution in [2.75, 3.05) is 6.61 Å². The normalized spacial score (nSPS) is 22.6. The lowest BCUT2D eigenvalue weighted by molar-refractivity contribution is 0.0930. The van der Waals surface area contributed by atoms with Gasteiger partial charge < -0.3 is 15.2 Å². The van der Waals surface area contributed by atoms with Crippen LogP contribution in [0.15, 0.2) is 30.3 Å². The molecule has 0 saturated heterocycles. The molecule has 0 bridgehead atoms. The molecule has 2 N–H and O–H groups in total. The van der Waals surface area contributed by atoms with E-state index in [2.05, 4.69) is 5.32 Å². The lowest BCUT2D eigenvalue weighted by Gasteiger charge is -2.35. The molecule has 1 aliphatic rings. The van der Waals surface area contributed by atoms with Crippen LogP contribution in [0.2, 0.25) is 0 Å². The highest BCUT2D eigenvalue weighted by Crippen LogP contribution is 2.26. The highest BCUT2D eigenvalue weighted by Gasteiger charge is 2.31. The minimum absolute atomic E-state index is 0.0725. The lowest BCUT2D eigenvalue weighted by Crippen LogP contribution is -2.48. The van der Waals surface area contributed by atoms with E-state index < -0.39 is 6.09 Å². The Morgan fingerprint density at radius 1 is 1.35 bits per heavy atom. The SMILES string of the molecule is O=C(N[C@@H]1CC[C@H]1CO)OCc1ccccc1. The number of carbonyl (C=O) groups excluding carboxylic acids is 1. The largest absolute Gasteiger partial charge is 0.445 e. The van der Waals surface area contributed by atoms with Gasteiger partial charge in [0.1, 0.15) is 6.61 Å². The number of nitrogens with one attached hydrogen (secondary N) is 1. The van der Waals surface area contributed by atoms with Gasteiger partial charge in [0.2, 0.25) is 0 Å². The summed E-state index contributed by atoms with van der Waals surface area (Å²) in [6.45, 7) is 0.410. The Bertz CT molecular complexity index is 364. The summed E-state index contributed by atoms with van der Waals surface area (Å²) in [7, 11) is 0.